The third-order valence-corrected chi connectivity index (χ3v) is 5.57. The molecule has 0 unspecified atom stereocenters. The number of carbonyl (C=O) groups excluding carboxylic acids is 1. The van der Waals surface area contributed by atoms with E-state index in [2.05, 4.69) is 15.2 Å². The molecule has 0 bridgehead atoms. The van der Waals surface area contributed by atoms with Crippen molar-refractivity contribution >= 4 is 38.3 Å². The van der Waals surface area contributed by atoms with Gasteiger partial charge in [-0.05, 0) is 24.3 Å². The molecule has 2 heterocycles. The quantitative estimate of drug-likeness (QED) is 0.747. The SMILES string of the molecule is COc1ccc2sc(N3CC(C(=O)Nc4ccccc4OC)C3)nc2c1. The third-order valence-electron chi connectivity index (χ3n) is 4.47. The molecule has 3 aromatic rings. The first-order valence-corrected chi connectivity index (χ1v) is 9.13. The van der Waals surface area contributed by atoms with E-state index in [-0.39, 0.29) is 11.8 Å². The molecule has 1 aromatic heterocycles. The number of anilines is 2. The summed E-state index contributed by atoms with van der Waals surface area (Å²) in [7, 11) is 3.24. The highest BCUT2D eigenvalue weighted by Crippen LogP contribution is 2.35. The van der Waals surface area contributed by atoms with Crippen LogP contribution in [0.3, 0.4) is 0 Å². The molecule has 0 radical (unpaired) electrons. The summed E-state index contributed by atoms with van der Waals surface area (Å²) in [5, 5.41) is 3.89. The molecule has 6 nitrogen and oxygen atoms in total. The van der Waals surface area contributed by atoms with Crippen LogP contribution in [0.5, 0.6) is 11.5 Å². The molecule has 26 heavy (non-hydrogen) atoms. The maximum Gasteiger partial charge on any atom is 0.231 e. The van der Waals surface area contributed by atoms with Gasteiger partial charge in [-0.2, -0.15) is 0 Å². The van der Waals surface area contributed by atoms with Gasteiger partial charge in [0.15, 0.2) is 5.13 Å². The topological polar surface area (TPSA) is 63.7 Å². The molecule has 0 spiro atoms. The van der Waals surface area contributed by atoms with Crippen LogP contribution in [0.2, 0.25) is 0 Å². The number of para-hydroxylation sites is 2. The molecule has 0 aliphatic carbocycles. The lowest BCUT2D eigenvalue weighted by Gasteiger charge is -2.38. The number of ether oxygens (including phenoxy) is 2. The fraction of sp³-hybridized carbons (Fsp3) is 0.263. The van der Waals surface area contributed by atoms with Gasteiger partial charge in [-0.3, -0.25) is 4.79 Å². The van der Waals surface area contributed by atoms with Crippen molar-refractivity contribution in [2.75, 3.05) is 37.5 Å². The molecule has 134 valence electrons. The smallest absolute Gasteiger partial charge is 0.231 e. The summed E-state index contributed by atoms with van der Waals surface area (Å²) < 4.78 is 11.6. The molecule has 2 aromatic carbocycles. The number of thiazole rings is 1. The van der Waals surface area contributed by atoms with Crippen LogP contribution in [-0.4, -0.2) is 38.2 Å². The molecule has 7 heteroatoms. The molecule has 1 N–H and O–H groups in total. The second-order valence-electron chi connectivity index (χ2n) is 6.12. The van der Waals surface area contributed by atoms with Crippen molar-refractivity contribution in [3.05, 3.63) is 42.5 Å². The standard InChI is InChI=1S/C19H19N3O3S/c1-24-13-7-8-17-15(9-13)21-19(26-17)22-10-12(11-22)18(23)20-14-5-3-4-6-16(14)25-2/h3-9,12H,10-11H2,1-2H3,(H,20,23). The van der Waals surface area contributed by atoms with Crippen molar-refractivity contribution in [1.29, 1.82) is 0 Å². The lowest BCUT2D eigenvalue weighted by molar-refractivity contribution is -0.120. The Balaban J connectivity index is 1.41. The highest BCUT2D eigenvalue weighted by molar-refractivity contribution is 7.22. The number of hydrogen-bond acceptors (Lipinski definition) is 6. The van der Waals surface area contributed by atoms with Crippen molar-refractivity contribution in [2.45, 2.75) is 0 Å². The first kappa shape index (κ1) is 16.7. The Morgan fingerprint density at radius 3 is 2.77 bits per heavy atom. The molecule has 1 amide bonds. The Labute approximate surface area is 155 Å². The Morgan fingerprint density at radius 1 is 1.19 bits per heavy atom. The number of methoxy groups -OCH3 is 2. The number of carbonyl (C=O) groups is 1. The van der Waals surface area contributed by atoms with Crippen LogP contribution >= 0.6 is 11.3 Å². The average molecular weight is 369 g/mol. The van der Waals surface area contributed by atoms with Gasteiger partial charge >= 0.3 is 0 Å². The van der Waals surface area contributed by atoms with Gasteiger partial charge in [0.25, 0.3) is 0 Å². The van der Waals surface area contributed by atoms with Crippen LogP contribution < -0.4 is 19.7 Å². The number of nitrogens with one attached hydrogen (secondary N) is 1. The highest BCUT2D eigenvalue weighted by atomic mass is 32.1. The summed E-state index contributed by atoms with van der Waals surface area (Å²) in [6.07, 6.45) is 0. The zero-order valence-corrected chi connectivity index (χ0v) is 15.4. The minimum atomic E-state index is -0.0542. The molecule has 0 atom stereocenters. The summed E-state index contributed by atoms with van der Waals surface area (Å²) in [5.74, 6) is 1.42. The van der Waals surface area contributed by atoms with Crippen LogP contribution in [0.15, 0.2) is 42.5 Å². The van der Waals surface area contributed by atoms with Gasteiger partial charge in [0.2, 0.25) is 5.91 Å². The predicted molar refractivity (Wildman–Crippen MR) is 103 cm³/mol. The van der Waals surface area contributed by atoms with E-state index < -0.39 is 0 Å². The van der Waals surface area contributed by atoms with Gasteiger partial charge < -0.3 is 19.7 Å². The second kappa shape index (κ2) is 6.84. The highest BCUT2D eigenvalue weighted by Gasteiger charge is 2.34. The van der Waals surface area contributed by atoms with Crippen LogP contribution in [0.4, 0.5) is 10.8 Å². The Bertz CT molecular complexity index is 950. The molecule has 1 aliphatic rings. The lowest BCUT2D eigenvalue weighted by Crippen LogP contribution is -2.52. The van der Waals surface area contributed by atoms with Crippen molar-refractivity contribution in [3.63, 3.8) is 0 Å². The summed E-state index contributed by atoms with van der Waals surface area (Å²) in [6.45, 7) is 1.33. The second-order valence-corrected chi connectivity index (χ2v) is 7.13. The maximum absolute atomic E-state index is 12.5. The molecule has 1 fully saturated rings. The van der Waals surface area contributed by atoms with E-state index in [1.165, 1.54) is 0 Å². The van der Waals surface area contributed by atoms with Gasteiger partial charge in [-0.25, -0.2) is 4.98 Å². The van der Waals surface area contributed by atoms with E-state index in [0.717, 1.165) is 21.1 Å². The Kier molecular flexibility index (Phi) is 4.38. The van der Waals surface area contributed by atoms with Gasteiger partial charge in [-0.1, -0.05) is 23.5 Å². The molecule has 1 saturated heterocycles. The number of nitrogens with zero attached hydrogens (tertiary/aromatic N) is 2. The van der Waals surface area contributed by atoms with Gasteiger partial charge in [-0.15, -0.1) is 0 Å². The summed E-state index contributed by atoms with van der Waals surface area (Å²) in [4.78, 5) is 19.3. The van der Waals surface area contributed by atoms with Gasteiger partial charge in [0.05, 0.1) is 36.0 Å². The van der Waals surface area contributed by atoms with E-state index in [0.29, 0.717) is 24.5 Å². The zero-order chi connectivity index (χ0) is 18.1. The van der Waals surface area contributed by atoms with Crippen molar-refractivity contribution in [3.8, 4) is 11.5 Å². The Morgan fingerprint density at radius 2 is 2.00 bits per heavy atom. The summed E-state index contributed by atoms with van der Waals surface area (Å²) >= 11 is 1.63. The largest absolute Gasteiger partial charge is 0.497 e. The van der Waals surface area contributed by atoms with Crippen molar-refractivity contribution in [1.82, 2.24) is 4.98 Å². The number of benzene rings is 2. The summed E-state index contributed by atoms with van der Waals surface area (Å²) in [5.41, 5.74) is 1.62. The lowest BCUT2D eigenvalue weighted by atomic mass is 10.00. The minimum Gasteiger partial charge on any atom is -0.497 e. The van der Waals surface area contributed by atoms with Crippen molar-refractivity contribution < 1.29 is 14.3 Å². The van der Waals surface area contributed by atoms with E-state index >= 15 is 0 Å². The van der Waals surface area contributed by atoms with Crippen LogP contribution in [0.1, 0.15) is 0 Å². The average Bonchev–Trinajstić information content (AvgIpc) is 3.03. The molecular weight excluding hydrogens is 350 g/mol. The maximum atomic E-state index is 12.5. The monoisotopic (exact) mass is 369 g/mol. The van der Waals surface area contributed by atoms with Gasteiger partial charge in [0, 0.05) is 19.2 Å². The zero-order valence-electron chi connectivity index (χ0n) is 14.6. The number of hydrogen-bond donors (Lipinski definition) is 1. The van der Waals surface area contributed by atoms with Crippen LogP contribution in [0, 0.1) is 5.92 Å². The van der Waals surface area contributed by atoms with Crippen LogP contribution in [-0.2, 0) is 4.79 Å². The first-order valence-electron chi connectivity index (χ1n) is 8.31. The minimum absolute atomic E-state index is 0.00790. The van der Waals surface area contributed by atoms with Crippen LogP contribution in [0.25, 0.3) is 10.2 Å². The fourth-order valence-electron chi connectivity index (χ4n) is 2.94. The van der Waals surface area contributed by atoms with Crippen molar-refractivity contribution in [2.24, 2.45) is 5.92 Å². The molecule has 0 saturated carbocycles. The van der Waals surface area contributed by atoms with E-state index in [1.807, 2.05) is 42.5 Å². The normalized spacial score (nSPS) is 14.2. The summed E-state index contributed by atoms with van der Waals surface area (Å²) in [6, 6.07) is 13.3. The molecule has 4 rings (SSSR count). The Hall–Kier alpha value is -2.80. The van der Waals surface area contributed by atoms with E-state index in [1.54, 1.807) is 25.6 Å². The molecule has 1 aliphatic heterocycles. The van der Waals surface area contributed by atoms with E-state index in [4.69, 9.17) is 9.47 Å². The first-order chi connectivity index (χ1) is 12.7. The van der Waals surface area contributed by atoms with E-state index in [9.17, 15) is 4.79 Å². The predicted octanol–water partition coefficient (Wildman–Crippen LogP) is 3.39. The number of rotatable bonds is 5. The number of aromatic nitrogens is 1. The number of fused-ring (bicyclic) bond motifs is 1. The van der Waals surface area contributed by atoms with Gasteiger partial charge in [0.1, 0.15) is 11.5 Å². The fourth-order valence-corrected chi connectivity index (χ4v) is 3.90. The third kappa shape index (κ3) is 3.06. The number of amides is 1. The molecular formula is C19H19N3O3S.